The molecule has 0 spiro atoms. The van der Waals surface area contributed by atoms with Crippen LogP contribution in [0.5, 0.6) is 0 Å². The maximum atomic E-state index is 13.3. The third-order valence-electron chi connectivity index (χ3n) is 4.75. The van der Waals surface area contributed by atoms with Crippen molar-refractivity contribution in [2.45, 2.75) is 45.9 Å². The van der Waals surface area contributed by atoms with Crippen LogP contribution in [0.25, 0.3) is 0 Å². The summed E-state index contributed by atoms with van der Waals surface area (Å²) >= 11 is 0. The number of nitrogens with one attached hydrogen (secondary N) is 1. The standard InChI is InChI=1S/C20H29FN6O.HI/c1-4-19-25-24-14-26(19)11-10-23-20(22-5-2)27-12-15(3)28-18(13-27)16-6-8-17(21)9-7-16;/h6-9,14-15,18H,4-5,10-13H2,1-3H3,(H,22,23);1H. The van der Waals surface area contributed by atoms with Crippen molar-refractivity contribution >= 4 is 29.9 Å². The van der Waals surface area contributed by atoms with Gasteiger partial charge < -0.3 is 19.5 Å². The lowest BCUT2D eigenvalue weighted by atomic mass is 10.1. The van der Waals surface area contributed by atoms with E-state index >= 15 is 0 Å². The molecular weight excluding hydrogens is 486 g/mol. The molecule has 1 saturated heterocycles. The molecule has 29 heavy (non-hydrogen) atoms. The zero-order valence-electron chi connectivity index (χ0n) is 17.2. The molecule has 0 saturated carbocycles. The van der Waals surface area contributed by atoms with Gasteiger partial charge in [0.25, 0.3) is 0 Å². The van der Waals surface area contributed by atoms with Crippen molar-refractivity contribution in [3.05, 3.63) is 47.8 Å². The molecule has 1 aliphatic heterocycles. The third-order valence-corrected chi connectivity index (χ3v) is 4.75. The first-order chi connectivity index (χ1) is 13.6. The summed E-state index contributed by atoms with van der Waals surface area (Å²) in [6.45, 7) is 9.79. The second kappa shape index (κ2) is 11.4. The van der Waals surface area contributed by atoms with E-state index in [-0.39, 0.29) is 42.0 Å². The smallest absolute Gasteiger partial charge is 0.194 e. The molecular formula is C20H30FIN6O. The molecule has 2 aromatic rings. The molecule has 7 nitrogen and oxygen atoms in total. The second-order valence-electron chi connectivity index (χ2n) is 6.92. The minimum absolute atomic E-state index is 0. The largest absolute Gasteiger partial charge is 0.367 e. The van der Waals surface area contributed by atoms with Gasteiger partial charge in [-0.3, -0.25) is 4.99 Å². The molecule has 3 rings (SSSR count). The van der Waals surface area contributed by atoms with Crippen LogP contribution >= 0.6 is 24.0 Å². The van der Waals surface area contributed by atoms with E-state index in [9.17, 15) is 4.39 Å². The lowest BCUT2D eigenvalue weighted by Crippen LogP contribution is -2.50. The van der Waals surface area contributed by atoms with E-state index in [1.807, 2.05) is 4.57 Å². The lowest BCUT2D eigenvalue weighted by molar-refractivity contribution is -0.0605. The Balaban J connectivity index is 0.00000300. The molecule has 1 aliphatic rings. The molecule has 0 aliphatic carbocycles. The maximum absolute atomic E-state index is 13.3. The van der Waals surface area contributed by atoms with Crippen LogP contribution in [-0.4, -0.2) is 57.9 Å². The molecule has 1 aromatic carbocycles. The summed E-state index contributed by atoms with van der Waals surface area (Å²) < 4.78 is 21.4. The molecule has 0 amide bonds. The van der Waals surface area contributed by atoms with Gasteiger partial charge in [-0.1, -0.05) is 19.1 Å². The van der Waals surface area contributed by atoms with Gasteiger partial charge in [-0.25, -0.2) is 4.39 Å². The number of rotatable bonds is 6. The number of hydrogen-bond acceptors (Lipinski definition) is 4. The molecule has 2 heterocycles. The first-order valence-electron chi connectivity index (χ1n) is 9.91. The van der Waals surface area contributed by atoms with Crippen LogP contribution in [0.3, 0.4) is 0 Å². The first kappa shape index (κ1) is 23.5. The van der Waals surface area contributed by atoms with Crippen LogP contribution in [0.2, 0.25) is 0 Å². The molecule has 2 unspecified atom stereocenters. The summed E-state index contributed by atoms with van der Waals surface area (Å²) in [5, 5.41) is 11.5. The topological polar surface area (TPSA) is 67.6 Å². The summed E-state index contributed by atoms with van der Waals surface area (Å²) in [6, 6.07) is 6.54. The van der Waals surface area contributed by atoms with Gasteiger partial charge in [0, 0.05) is 26.1 Å². The van der Waals surface area contributed by atoms with E-state index in [0.29, 0.717) is 13.1 Å². The highest BCUT2D eigenvalue weighted by Crippen LogP contribution is 2.25. The first-order valence-corrected chi connectivity index (χ1v) is 9.91. The van der Waals surface area contributed by atoms with Crippen LogP contribution < -0.4 is 5.32 Å². The normalized spacial score (nSPS) is 19.7. The van der Waals surface area contributed by atoms with Crippen molar-refractivity contribution in [3.63, 3.8) is 0 Å². The van der Waals surface area contributed by atoms with Crippen LogP contribution in [0, 0.1) is 5.82 Å². The zero-order chi connectivity index (χ0) is 19.9. The fourth-order valence-electron chi connectivity index (χ4n) is 3.41. The Morgan fingerprint density at radius 1 is 1.28 bits per heavy atom. The van der Waals surface area contributed by atoms with Crippen molar-refractivity contribution in [3.8, 4) is 0 Å². The van der Waals surface area contributed by atoms with Gasteiger partial charge in [-0.2, -0.15) is 0 Å². The van der Waals surface area contributed by atoms with E-state index < -0.39 is 0 Å². The molecule has 1 N–H and O–H groups in total. The Morgan fingerprint density at radius 2 is 2.03 bits per heavy atom. The summed E-state index contributed by atoms with van der Waals surface area (Å²) in [5.41, 5.74) is 0.978. The number of aryl methyl sites for hydroxylation is 1. The predicted octanol–water partition coefficient (Wildman–Crippen LogP) is 3.03. The number of guanidine groups is 1. The number of ether oxygens (including phenoxy) is 1. The van der Waals surface area contributed by atoms with Crippen LogP contribution in [-0.2, 0) is 17.7 Å². The fourth-order valence-corrected chi connectivity index (χ4v) is 3.41. The average molecular weight is 516 g/mol. The number of nitrogens with zero attached hydrogens (tertiary/aromatic N) is 5. The second-order valence-corrected chi connectivity index (χ2v) is 6.92. The van der Waals surface area contributed by atoms with E-state index in [2.05, 4.69) is 41.2 Å². The summed E-state index contributed by atoms with van der Waals surface area (Å²) in [6.07, 6.45) is 2.54. The van der Waals surface area contributed by atoms with E-state index in [1.165, 1.54) is 12.1 Å². The summed E-state index contributed by atoms with van der Waals surface area (Å²) in [5.74, 6) is 1.60. The van der Waals surface area contributed by atoms with Crippen molar-refractivity contribution in [2.75, 3.05) is 26.2 Å². The predicted molar refractivity (Wildman–Crippen MR) is 122 cm³/mol. The van der Waals surface area contributed by atoms with E-state index in [4.69, 9.17) is 9.73 Å². The number of aliphatic imine (C=N–C) groups is 1. The van der Waals surface area contributed by atoms with Gasteiger partial charge in [0.2, 0.25) is 0 Å². The molecule has 2 atom stereocenters. The maximum Gasteiger partial charge on any atom is 0.194 e. The minimum atomic E-state index is -0.236. The van der Waals surface area contributed by atoms with Gasteiger partial charge >= 0.3 is 0 Å². The van der Waals surface area contributed by atoms with E-state index in [0.717, 1.165) is 43.4 Å². The van der Waals surface area contributed by atoms with Crippen molar-refractivity contribution in [1.29, 1.82) is 0 Å². The summed E-state index contributed by atoms with van der Waals surface area (Å²) in [4.78, 5) is 7.02. The number of hydrogen-bond donors (Lipinski definition) is 1. The SMILES string of the molecule is CCNC(=NCCn1cnnc1CC)N1CC(C)OC(c2ccc(F)cc2)C1.I. The zero-order valence-corrected chi connectivity index (χ0v) is 19.5. The van der Waals surface area contributed by atoms with Crippen LogP contribution in [0.15, 0.2) is 35.6 Å². The minimum Gasteiger partial charge on any atom is -0.367 e. The van der Waals surface area contributed by atoms with Gasteiger partial charge in [0.1, 0.15) is 24.1 Å². The highest BCUT2D eigenvalue weighted by atomic mass is 127. The third kappa shape index (κ3) is 6.36. The Morgan fingerprint density at radius 3 is 2.72 bits per heavy atom. The highest BCUT2D eigenvalue weighted by molar-refractivity contribution is 14.0. The van der Waals surface area contributed by atoms with Gasteiger partial charge in [-0.05, 0) is 31.5 Å². The Hall–Kier alpha value is -1.75. The van der Waals surface area contributed by atoms with Gasteiger partial charge in [0.05, 0.1) is 19.2 Å². The Bertz CT molecular complexity index is 782. The van der Waals surface area contributed by atoms with Crippen LogP contribution in [0.1, 0.15) is 38.3 Å². The molecule has 1 aromatic heterocycles. The fraction of sp³-hybridized carbons (Fsp3) is 0.550. The lowest BCUT2D eigenvalue weighted by Gasteiger charge is -2.38. The Kier molecular flexibility index (Phi) is 9.28. The molecule has 0 radical (unpaired) electrons. The number of benzene rings is 1. The van der Waals surface area contributed by atoms with Crippen molar-refractivity contribution in [2.24, 2.45) is 4.99 Å². The number of aromatic nitrogens is 3. The number of morpholine rings is 1. The molecule has 160 valence electrons. The molecule has 9 heteroatoms. The summed E-state index contributed by atoms with van der Waals surface area (Å²) in [7, 11) is 0. The Labute approximate surface area is 188 Å². The van der Waals surface area contributed by atoms with Crippen LogP contribution in [0.4, 0.5) is 4.39 Å². The van der Waals surface area contributed by atoms with Gasteiger partial charge in [-0.15, -0.1) is 34.2 Å². The average Bonchev–Trinajstić information content (AvgIpc) is 3.15. The van der Waals surface area contributed by atoms with Crippen molar-refractivity contribution in [1.82, 2.24) is 25.0 Å². The van der Waals surface area contributed by atoms with Gasteiger partial charge in [0.15, 0.2) is 5.96 Å². The quantitative estimate of drug-likeness (QED) is 0.364. The molecule has 0 bridgehead atoms. The molecule has 1 fully saturated rings. The highest BCUT2D eigenvalue weighted by Gasteiger charge is 2.28. The van der Waals surface area contributed by atoms with E-state index in [1.54, 1.807) is 18.5 Å². The monoisotopic (exact) mass is 516 g/mol. The number of halogens is 2. The van der Waals surface area contributed by atoms with Crippen molar-refractivity contribution < 1.29 is 9.13 Å².